The Kier molecular flexibility index (Phi) is 3.52. The van der Waals surface area contributed by atoms with Crippen molar-refractivity contribution in [3.8, 4) is 5.75 Å². The Morgan fingerprint density at radius 1 is 1.44 bits per heavy atom. The van der Waals surface area contributed by atoms with Crippen LogP contribution >= 0.6 is 0 Å². The van der Waals surface area contributed by atoms with Crippen molar-refractivity contribution in [3.05, 3.63) is 29.6 Å². The molecule has 1 aliphatic rings. The fourth-order valence-electron chi connectivity index (χ4n) is 2.04. The molecule has 4 nitrogen and oxygen atoms in total. The minimum Gasteiger partial charge on any atom is -0.484 e. The van der Waals surface area contributed by atoms with E-state index in [9.17, 15) is 9.18 Å². The molecule has 1 saturated heterocycles. The number of halogens is 1. The van der Waals surface area contributed by atoms with Gasteiger partial charge in [-0.3, -0.25) is 0 Å². The molecule has 1 heterocycles. The minimum atomic E-state index is -1.14. The quantitative estimate of drug-likeness (QED) is 0.865. The minimum absolute atomic E-state index is 0.0738. The van der Waals surface area contributed by atoms with E-state index in [1.165, 1.54) is 12.1 Å². The van der Waals surface area contributed by atoms with E-state index in [0.29, 0.717) is 0 Å². The van der Waals surface area contributed by atoms with Crippen LogP contribution in [0.1, 0.15) is 30.1 Å². The summed E-state index contributed by atoms with van der Waals surface area (Å²) in [6, 6.07) is 3.72. The normalized spacial score (nSPS) is 18.3. The summed E-state index contributed by atoms with van der Waals surface area (Å²) in [6.45, 7) is 3.62. The molecule has 0 radical (unpaired) electrons. The summed E-state index contributed by atoms with van der Waals surface area (Å²) in [7, 11) is 0. The number of piperidine rings is 1. The molecule has 0 amide bonds. The van der Waals surface area contributed by atoms with E-state index in [1.807, 2.05) is 6.92 Å². The maximum Gasteiger partial charge on any atom is 0.335 e. The lowest BCUT2D eigenvalue weighted by Gasteiger charge is -2.34. The zero-order chi connectivity index (χ0) is 13.2. The Morgan fingerprint density at radius 3 is 2.67 bits per heavy atom. The highest BCUT2D eigenvalue weighted by molar-refractivity contribution is 5.87. The van der Waals surface area contributed by atoms with Crippen LogP contribution in [0.15, 0.2) is 18.2 Å². The highest BCUT2D eigenvalue weighted by atomic mass is 19.1. The Balaban J connectivity index is 2.16. The molecule has 98 valence electrons. The van der Waals surface area contributed by atoms with Crippen molar-refractivity contribution in [2.24, 2.45) is 0 Å². The Hall–Kier alpha value is -1.62. The van der Waals surface area contributed by atoms with Crippen molar-refractivity contribution >= 4 is 5.97 Å². The van der Waals surface area contributed by atoms with Crippen LogP contribution in [-0.2, 0) is 0 Å². The lowest BCUT2D eigenvalue weighted by atomic mass is 9.94. The largest absolute Gasteiger partial charge is 0.484 e. The Labute approximate surface area is 105 Å². The average molecular weight is 253 g/mol. The fraction of sp³-hybridized carbons (Fsp3) is 0.462. The molecule has 0 aromatic heterocycles. The zero-order valence-electron chi connectivity index (χ0n) is 10.2. The summed E-state index contributed by atoms with van der Waals surface area (Å²) in [4.78, 5) is 10.7. The van der Waals surface area contributed by atoms with E-state index in [-0.39, 0.29) is 11.3 Å². The molecular weight excluding hydrogens is 237 g/mol. The van der Waals surface area contributed by atoms with Gasteiger partial charge in [-0.2, -0.15) is 0 Å². The third-order valence-corrected chi connectivity index (χ3v) is 3.20. The van der Waals surface area contributed by atoms with Crippen molar-refractivity contribution in [2.45, 2.75) is 25.4 Å². The second-order valence-electron chi connectivity index (χ2n) is 4.75. The summed E-state index contributed by atoms with van der Waals surface area (Å²) in [5.74, 6) is -1.66. The second kappa shape index (κ2) is 4.94. The van der Waals surface area contributed by atoms with Crippen LogP contribution in [0.2, 0.25) is 0 Å². The molecule has 1 aliphatic heterocycles. The van der Waals surface area contributed by atoms with Gasteiger partial charge in [-0.25, -0.2) is 9.18 Å². The number of carboxylic acid groups (broad SMARTS) is 1. The molecule has 0 spiro atoms. The van der Waals surface area contributed by atoms with Gasteiger partial charge in [0.2, 0.25) is 0 Å². The number of carboxylic acids is 1. The molecule has 5 heteroatoms. The number of hydrogen-bond acceptors (Lipinski definition) is 3. The first-order chi connectivity index (χ1) is 8.50. The highest BCUT2D eigenvalue weighted by Gasteiger charge is 2.29. The zero-order valence-corrected chi connectivity index (χ0v) is 10.2. The van der Waals surface area contributed by atoms with Gasteiger partial charge in [0.1, 0.15) is 5.60 Å². The summed E-state index contributed by atoms with van der Waals surface area (Å²) in [5.41, 5.74) is -0.466. The smallest absolute Gasteiger partial charge is 0.335 e. The molecule has 0 atom stereocenters. The van der Waals surface area contributed by atoms with Gasteiger partial charge in [-0.1, -0.05) is 0 Å². The maximum absolute atomic E-state index is 13.7. The third-order valence-electron chi connectivity index (χ3n) is 3.20. The van der Waals surface area contributed by atoms with Gasteiger partial charge in [0.15, 0.2) is 11.6 Å². The van der Waals surface area contributed by atoms with Crippen LogP contribution in [0, 0.1) is 5.82 Å². The summed E-state index contributed by atoms with van der Waals surface area (Å²) < 4.78 is 19.4. The molecule has 1 fully saturated rings. The van der Waals surface area contributed by atoms with Gasteiger partial charge in [0, 0.05) is 0 Å². The number of hydrogen-bond donors (Lipinski definition) is 2. The van der Waals surface area contributed by atoms with Gasteiger partial charge in [0.05, 0.1) is 5.56 Å². The molecule has 0 unspecified atom stereocenters. The van der Waals surface area contributed by atoms with E-state index in [0.717, 1.165) is 32.0 Å². The summed E-state index contributed by atoms with van der Waals surface area (Å²) in [6.07, 6.45) is 1.60. The summed E-state index contributed by atoms with van der Waals surface area (Å²) in [5, 5.41) is 12.0. The van der Waals surface area contributed by atoms with E-state index in [4.69, 9.17) is 9.84 Å². The van der Waals surface area contributed by atoms with Gasteiger partial charge < -0.3 is 15.2 Å². The van der Waals surface area contributed by atoms with Gasteiger partial charge >= 0.3 is 5.97 Å². The van der Waals surface area contributed by atoms with Crippen molar-refractivity contribution in [1.29, 1.82) is 0 Å². The van der Waals surface area contributed by atoms with Gasteiger partial charge in [-0.05, 0) is 51.1 Å². The van der Waals surface area contributed by atoms with E-state index in [1.54, 1.807) is 0 Å². The van der Waals surface area contributed by atoms with Crippen LogP contribution in [0.4, 0.5) is 4.39 Å². The number of carbonyl (C=O) groups is 1. The van der Waals surface area contributed by atoms with Crippen LogP contribution in [0.3, 0.4) is 0 Å². The lowest BCUT2D eigenvalue weighted by molar-refractivity contribution is 0.0514. The standard InChI is InChI=1S/C13H16FNO3/c1-13(4-6-15-7-5-13)18-11-3-2-9(12(16)17)8-10(11)14/h2-3,8,15H,4-7H2,1H3,(H,16,17). The predicted octanol–water partition coefficient (Wildman–Crippen LogP) is 2.04. The number of benzene rings is 1. The molecule has 0 aliphatic carbocycles. The monoisotopic (exact) mass is 253 g/mol. The van der Waals surface area contributed by atoms with Gasteiger partial charge in [-0.15, -0.1) is 0 Å². The van der Waals surface area contributed by atoms with Gasteiger partial charge in [0.25, 0.3) is 0 Å². The lowest BCUT2D eigenvalue weighted by Crippen LogP contribution is -2.44. The number of rotatable bonds is 3. The number of aromatic carboxylic acids is 1. The molecule has 1 aromatic rings. The van der Waals surface area contributed by atoms with E-state index in [2.05, 4.69) is 5.32 Å². The van der Waals surface area contributed by atoms with Crippen LogP contribution < -0.4 is 10.1 Å². The van der Waals surface area contributed by atoms with Crippen molar-refractivity contribution in [1.82, 2.24) is 5.32 Å². The molecule has 0 saturated carbocycles. The average Bonchev–Trinajstić information content (AvgIpc) is 2.32. The fourth-order valence-corrected chi connectivity index (χ4v) is 2.04. The molecule has 1 aromatic carbocycles. The first-order valence-corrected chi connectivity index (χ1v) is 5.93. The SMILES string of the molecule is CC1(Oc2ccc(C(=O)O)cc2F)CCNCC1. The first kappa shape index (κ1) is 12.8. The molecular formula is C13H16FNO3. The molecule has 2 rings (SSSR count). The Morgan fingerprint density at radius 2 is 2.11 bits per heavy atom. The van der Waals surface area contributed by atoms with E-state index >= 15 is 0 Å². The van der Waals surface area contributed by atoms with Crippen molar-refractivity contribution in [2.75, 3.05) is 13.1 Å². The van der Waals surface area contributed by atoms with Crippen LogP contribution in [0.25, 0.3) is 0 Å². The van der Waals surface area contributed by atoms with Crippen LogP contribution in [0.5, 0.6) is 5.75 Å². The van der Waals surface area contributed by atoms with Crippen molar-refractivity contribution < 1.29 is 19.0 Å². The third kappa shape index (κ3) is 2.79. The van der Waals surface area contributed by atoms with Crippen LogP contribution in [-0.4, -0.2) is 29.8 Å². The number of nitrogens with one attached hydrogen (secondary N) is 1. The summed E-state index contributed by atoms with van der Waals surface area (Å²) >= 11 is 0. The van der Waals surface area contributed by atoms with E-state index < -0.39 is 17.4 Å². The highest BCUT2D eigenvalue weighted by Crippen LogP contribution is 2.28. The molecule has 0 bridgehead atoms. The second-order valence-corrected chi connectivity index (χ2v) is 4.75. The molecule has 18 heavy (non-hydrogen) atoms. The molecule has 2 N–H and O–H groups in total. The number of ether oxygens (including phenoxy) is 1. The maximum atomic E-state index is 13.7. The Bertz CT molecular complexity index is 456. The topological polar surface area (TPSA) is 58.6 Å². The van der Waals surface area contributed by atoms with Crippen molar-refractivity contribution in [3.63, 3.8) is 0 Å². The first-order valence-electron chi connectivity index (χ1n) is 5.93. The predicted molar refractivity (Wildman–Crippen MR) is 64.5 cm³/mol.